The van der Waals surface area contributed by atoms with E-state index in [0.717, 1.165) is 5.69 Å². The largest absolute Gasteiger partial charge is 0.481 e. The number of hydrogen-bond donors (Lipinski definition) is 2. The number of piperidine rings is 1. The molecule has 0 bridgehead atoms. The highest BCUT2D eigenvalue weighted by atomic mass is 35.5. The van der Waals surface area contributed by atoms with Crippen LogP contribution in [-0.4, -0.2) is 71.1 Å². The van der Waals surface area contributed by atoms with Crippen LogP contribution < -0.4 is 10.1 Å². The van der Waals surface area contributed by atoms with Crippen LogP contribution in [0.3, 0.4) is 0 Å². The third-order valence-electron chi connectivity index (χ3n) is 7.79. The lowest BCUT2D eigenvalue weighted by Gasteiger charge is -2.43. The molecule has 1 aromatic carbocycles. The third kappa shape index (κ3) is 6.70. The van der Waals surface area contributed by atoms with Gasteiger partial charge in [-0.1, -0.05) is 25.4 Å². The number of aliphatic carboxylic acids is 1. The van der Waals surface area contributed by atoms with Crippen molar-refractivity contribution in [3.8, 4) is 5.75 Å². The van der Waals surface area contributed by atoms with Crippen LogP contribution in [0.5, 0.6) is 5.75 Å². The van der Waals surface area contributed by atoms with E-state index < -0.39 is 29.9 Å². The highest BCUT2D eigenvalue weighted by Gasteiger charge is 2.46. The molecule has 3 heterocycles. The number of nitrogens with one attached hydrogen (secondary N) is 1. The minimum atomic E-state index is -3.09. The van der Waals surface area contributed by atoms with Gasteiger partial charge in [0.2, 0.25) is 0 Å². The number of carbonyl (C=O) groups is 2. The van der Waals surface area contributed by atoms with E-state index in [0.29, 0.717) is 58.5 Å². The summed E-state index contributed by atoms with van der Waals surface area (Å²) in [5.74, 6) is -1.86. The number of hydrogen-bond acceptors (Lipinski definition) is 6. The smallest absolute Gasteiger partial charge is 0.387 e. The molecule has 0 unspecified atom stereocenters. The third-order valence-corrected chi connectivity index (χ3v) is 8.02. The van der Waals surface area contributed by atoms with Gasteiger partial charge in [0.25, 0.3) is 5.91 Å². The predicted molar refractivity (Wildman–Crippen MR) is 141 cm³/mol. The number of carbonyl (C=O) groups excluding carboxylic acids is 1. The number of carboxylic acids is 1. The van der Waals surface area contributed by atoms with E-state index in [-0.39, 0.29) is 28.3 Å². The van der Waals surface area contributed by atoms with Gasteiger partial charge in [-0.25, -0.2) is 0 Å². The van der Waals surface area contributed by atoms with E-state index in [1.807, 2.05) is 19.9 Å². The lowest BCUT2D eigenvalue weighted by atomic mass is 9.82. The minimum Gasteiger partial charge on any atom is -0.481 e. The van der Waals surface area contributed by atoms with Crippen LogP contribution in [0.1, 0.15) is 51.1 Å². The molecule has 0 radical (unpaired) electrons. The number of likely N-dealkylation sites (tertiary alicyclic amines) is 1. The average Bonchev–Trinajstić information content (AvgIpc) is 3.40. The van der Waals surface area contributed by atoms with E-state index in [1.54, 1.807) is 10.9 Å². The Morgan fingerprint density at radius 3 is 2.54 bits per heavy atom. The van der Waals surface area contributed by atoms with Crippen molar-refractivity contribution >= 4 is 29.2 Å². The number of carboxylic acid groups (broad SMARTS) is 1. The lowest BCUT2D eigenvalue weighted by Crippen LogP contribution is -2.55. The molecule has 12 heteroatoms. The molecule has 2 aromatic rings. The average molecular weight is 569 g/mol. The zero-order chi connectivity index (χ0) is 28.2. The van der Waals surface area contributed by atoms with Gasteiger partial charge in [-0.3, -0.25) is 14.3 Å². The molecule has 0 saturated carbocycles. The highest BCUT2D eigenvalue weighted by Crippen LogP contribution is 2.37. The molecular weight excluding hydrogens is 534 g/mol. The van der Waals surface area contributed by atoms with Gasteiger partial charge in [0, 0.05) is 55.8 Å². The van der Waals surface area contributed by atoms with Crippen molar-refractivity contribution in [1.29, 1.82) is 0 Å². The second kappa shape index (κ2) is 12.6. The van der Waals surface area contributed by atoms with Crippen LogP contribution in [0.4, 0.5) is 14.5 Å². The summed E-state index contributed by atoms with van der Waals surface area (Å²) in [7, 11) is 0. The molecule has 2 aliphatic heterocycles. The summed E-state index contributed by atoms with van der Waals surface area (Å²) < 4.78 is 37.9. The Balaban J connectivity index is 1.58. The number of aromatic nitrogens is 2. The monoisotopic (exact) mass is 568 g/mol. The van der Waals surface area contributed by atoms with Gasteiger partial charge in [-0.15, -0.1) is 0 Å². The quantitative estimate of drug-likeness (QED) is 0.423. The standard InChI is InChI=1S/C27H35ClF2N4O5/c1-17(2)22-5-10-31-34(22)27(25(37)32-21-4-3-19(28)15-23(21)39-26(29)30)8-11-33(12-9-27)16-20(24(35)36)18-6-13-38-14-7-18/h3-5,10,15,17-18,20,26H,6-9,11-14,16H2,1-2H3,(H,32,37)(H,35,36)/t20-/m1/s1. The maximum absolute atomic E-state index is 14.0. The molecule has 1 amide bonds. The fourth-order valence-corrected chi connectivity index (χ4v) is 5.77. The molecule has 2 aliphatic rings. The van der Waals surface area contributed by atoms with Crippen molar-refractivity contribution in [2.45, 2.75) is 57.6 Å². The number of benzene rings is 1. The van der Waals surface area contributed by atoms with Gasteiger partial charge in [0.15, 0.2) is 5.75 Å². The Labute approximate surface area is 231 Å². The number of halogens is 3. The first-order chi connectivity index (χ1) is 18.6. The summed E-state index contributed by atoms with van der Waals surface area (Å²) in [5.41, 5.74) is -0.168. The maximum atomic E-state index is 14.0. The Morgan fingerprint density at radius 2 is 1.92 bits per heavy atom. The number of ether oxygens (including phenoxy) is 2. The molecule has 1 aromatic heterocycles. The first-order valence-electron chi connectivity index (χ1n) is 13.2. The van der Waals surface area contributed by atoms with E-state index >= 15 is 0 Å². The summed E-state index contributed by atoms with van der Waals surface area (Å²) in [4.78, 5) is 28.2. The first kappa shape index (κ1) is 29.2. The van der Waals surface area contributed by atoms with Crippen molar-refractivity contribution in [2.24, 2.45) is 11.8 Å². The fraction of sp³-hybridized carbons (Fsp3) is 0.593. The molecule has 0 aliphatic carbocycles. The maximum Gasteiger partial charge on any atom is 0.387 e. The van der Waals surface area contributed by atoms with Crippen LogP contribution >= 0.6 is 11.6 Å². The van der Waals surface area contributed by atoms with Crippen LogP contribution in [0.15, 0.2) is 30.5 Å². The SMILES string of the molecule is CC(C)c1ccnn1C1(C(=O)Nc2ccc(Cl)cc2OC(F)F)CCN(C[C@@H](C(=O)O)C2CCOCC2)CC1. The number of nitrogens with zero attached hydrogens (tertiary/aromatic N) is 3. The zero-order valence-corrected chi connectivity index (χ0v) is 22.9. The Morgan fingerprint density at radius 1 is 1.23 bits per heavy atom. The molecule has 214 valence electrons. The van der Waals surface area contributed by atoms with Gasteiger partial charge in [-0.2, -0.15) is 13.9 Å². The summed E-state index contributed by atoms with van der Waals surface area (Å²) in [5, 5.41) is 17.5. The van der Waals surface area contributed by atoms with Crippen molar-refractivity contribution in [2.75, 3.05) is 38.2 Å². The Kier molecular flexibility index (Phi) is 9.45. The second-order valence-electron chi connectivity index (χ2n) is 10.5. The van der Waals surface area contributed by atoms with E-state index in [1.165, 1.54) is 18.2 Å². The fourth-order valence-electron chi connectivity index (χ4n) is 5.61. The van der Waals surface area contributed by atoms with Crippen LogP contribution in [-0.2, 0) is 19.9 Å². The first-order valence-corrected chi connectivity index (χ1v) is 13.6. The van der Waals surface area contributed by atoms with Crippen molar-refractivity contribution in [3.05, 3.63) is 41.2 Å². The predicted octanol–water partition coefficient (Wildman–Crippen LogP) is 4.82. The van der Waals surface area contributed by atoms with Crippen LogP contribution in [0.2, 0.25) is 5.02 Å². The molecule has 4 rings (SSSR count). The number of anilines is 1. The summed E-state index contributed by atoms with van der Waals surface area (Å²) in [6, 6.07) is 6.01. The van der Waals surface area contributed by atoms with Crippen molar-refractivity contribution < 1.29 is 33.0 Å². The lowest BCUT2D eigenvalue weighted by molar-refractivity contribution is -0.146. The van der Waals surface area contributed by atoms with E-state index in [2.05, 4.69) is 20.1 Å². The van der Waals surface area contributed by atoms with Crippen LogP contribution in [0.25, 0.3) is 0 Å². The summed E-state index contributed by atoms with van der Waals surface area (Å²) in [6.07, 6.45) is 3.80. The molecule has 2 fully saturated rings. The number of amides is 1. The molecule has 9 nitrogen and oxygen atoms in total. The minimum absolute atomic E-state index is 0.0445. The van der Waals surface area contributed by atoms with Crippen LogP contribution in [0, 0.1) is 11.8 Å². The van der Waals surface area contributed by atoms with E-state index in [4.69, 9.17) is 16.3 Å². The summed E-state index contributed by atoms with van der Waals surface area (Å²) in [6.45, 7) is 3.39. The number of alkyl halides is 2. The normalized spacial score (nSPS) is 19.3. The van der Waals surface area contributed by atoms with Crippen molar-refractivity contribution in [1.82, 2.24) is 14.7 Å². The van der Waals surface area contributed by atoms with Gasteiger partial charge in [-0.05, 0) is 55.7 Å². The molecule has 39 heavy (non-hydrogen) atoms. The molecule has 1 atom stereocenters. The molecular formula is C27H35ClF2N4O5. The summed E-state index contributed by atoms with van der Waals surface area (Å²) >= 11 is 5.98. The second-order valence-corrected chi connectivity index (χ2v) is 11.0. The van der Waals surface area contributed by atoms with Crippen molar-refractivity contribution in [3.63, 3.8) is 0 Å². The molecule has 0 spiro atoms. The molecule has 2 N–H and O–H groups in total. The zero-order valence-electron chi connectivity index (χ0n) is 22.1. The van der Waals surface area contributed by atoms with Gasteiger partial charge >= 0.3 is 12.6 Å². The molecule has 2 saturated heterocycles. The van der Waals surface area contributed by atoms with Gasteiger partial charge in [0.1, 0.15) is 5.54 Å². The highest BCUT2D eigenvalue weighted by molar-refractivity contribution is 6.30. The number of rotatable bonds is 10. The Bertz CT molecular complexity index is 1150. The topological polar surface area (TPSA) is 106 Å². The van der Waals surface area contributed by atoms with Gasteiger partial charge < -0.3 is 24.8 Å². The van der Waals surface area contributed by atoms with E-state index in [9.17, 15) is 23.5 Å². The van der Waals surface area contributed by atoms with Gasteiger partial charge in [0.05, 0.1) is 11.6 Å². The Hall–Kier alpha value is -2.76.